The molecule has 3 amide bonds. The smallest absolute Gasteiger partial charge is 0.318 e. The van der Waals surface area contributed by atoms with Crippen LogP contribution in [0.25, 0.3) is 21.9 Å². The highest BCUT2D eigenvalue weighted by molar-refractivity contribution is 6.05. The van der Waals surface area contributed by atoms with Crippen LogP contribution < -0.4 is 15.8 Å². The lowest BCUT2D eigenvalue weighted by Crippen LogP contribution is -2.38. The highest BCUT2D eigenvalue weighted by Gasteiger charge is 2.09. The van der Waals surface area contributed by atoms with E-state index in [2.05, 4.69) is 0 Å². The molecule has 3 aromatic rings. The Balaban J connectivity index is 1.85. The third-order valence-corrected chi connectivity index (χ3v) is 2.98. The van der Waals surface area contributed by atoms with Gasteiger partial charge in [0, 0.05) is 10.8 Å². The second-order valence-electron chi connectivity index (χ2n) is 4.46. The molecule has 0 saturated heterocycles. The number of carbonyl (C=O) groups excluding carboxylic acids is 2. The monoisotopic (exact) mass is 284 g/mol. The zero-order valence-electron chi connectivity index (χ0n) is 11.0. The Kier molecular flexibility index (Phi) is 3.19. The highest BCUT2D eigenvalue weighted by Crippen LogP contribution is 2.31. The van der Waals surface area contributed by atoms with Crippen molar-refractivity contribution in [3.8, 4) is 5.75 Å². The minimum Gasteiger partial charge on any atom is -0.484 e. The molecule has 0 fully saturated rings. The highest BCUT2D eigenvalue weighted by atomic mass is 16.5. The molecule has 3 rings (SSSR count). The number of ether oxygens (including phenoxy) is 1. The molecule has 6 heteroatoms. The van der Waals surface area contributed by atoms with Crippen molar-refractivity contribution in [3.63, 3.8) is 0 Å². The van der Waals surface area contributed by atoms with Gasteiger partial charge in [0.1, 0.15) is 16.9 Å². The van der Waals surface area contributed by atoms with Gasteiger partial charge in [-0.25, -0.2) is 4.79 Å². The first-order valence-electron chi connectivity index (χ1n) is 6.27. The fourth-order valence-corrected chi connectivity index (χ4v) is 2.12. The molecule has 1 aromatic heterocycles. The van der Waals surface area contributed by atoms with Crippen LogP contribution in [0.3, 0.4) is 0 Å². The van der Waals surface area contributed by atoms with Gasteiger partial charge < -0.3 is 14.9 Å². The van der Waals surface area contributed by atoms with Crippen molar-refractivity contribution in [2.24, 2.45) is 5.73 Å². The van der Waals surface area contributed by atoms with Crippen molar-refractivity contribution in [3.05, 3.63) is 42.5 Å². The Labute approximate surface area is 119 Å². The van der Waals surface area contributed by atoms with Gasteiger partial charge in [0.2, 0.25) is 0 Å². The summed E-state index contributed by atoms with van der Waals surface area (Å²) >= 11 is 0. The van der Waals surface area contributed by atoms with Crippen molar-refractivity contribution in [2.45, 2.75) is 0 Å². The van der Waals surface area contributed by atoms with E-state index in [1.165, 1.54) is 0 Å². The molecule has 0 saturated carbocycles. The molecule has 21 heavy (non-hydrogen) atoms. The number of imide groups is 1. The van der Waals surface area contributed by atoms with Crippen LogP contribution in [0.5, 0.6) is 5.75 Å². The summed E-state index contributed by atoms with van der Waals surface area (Å²) in [6, 6.07) is 12.0. The summed E-state index contributed by atoms with van der Waals surface area (Å²) in [6.07, 6.45) is 0. The first kappa shape index (κ1) is 13.0. The van der Waals surface area contributed by atoms with Gasteiger partial charge >= 0.3 is 6.03 Å². The topological polar surface area (TPSA) is 94.6 Å². The van der Waals surface area contributed by atoms with Crippen molar-refractivity contribution in [2.75, 3.05) is 6.61 Å². The number of nitrogens with two attached hydrogens (primary N) is 1. The number of urea groups is 1. The molecule has 0 spiro atoms. The minimum atomic E-state index is -0.903. The number of hydrogen-bond donors (Lipinski definition) is 2. The molecule has 106 valence electrons. The minimum absolute atomic E-state index is 0.287. The largest absolute Gasteiger partial charge is 0.484 e. The number of hydrogen-bond acceptors (Lipinski definition) is 4. The number of amides is 3. The first-order chi connectivity index (χ1) is 10.1. The summed E-state index contributed by atoms with van der Waals surface area (Å²) < 4.78 is 11.0. The standard InChI is InChI=1S/C15H12N2O4/c16-15(19)17-14(18)8-20-9-5-6-13-11(7-9)10-3-1-2-4-12(10)21-13/h1-7H,8H2,(H3,16,17,18,19). The maximum absolute atomic E-state index is 11.3. The van der Waals surface area contributed by atoms with Crippen LogP contribution in [-0.4, -0.2) is 18.5 Å². The number of para-hydroxylation sites is 1. The molecule has 0 aliphatic carbocycles. The fraction of sp³-hybridized carbons (Fsp3) is 0.0667. The van der Waals surface area contributed by atoms with Gasteiger partial charge in [-0.1, -0.05) is 18.2 Å². The predicted octanol–water partition coefficient (Wildman–Crippen LogP) is 2.16. The maximum Gasteiger partial charge on any atom is 0.318 e. The van der Waals surface area contributed by atoms with Crippen LogP contribution in [-0.2, 0) is 4.79 Å². The van der Waals surface area contributed by atoms with Gasteiger partial charge in [0.05, 0.1) is 0 Å². The molecule has 2 aromatic carbocycles. The van der Waals surface area contributed by atoms with Crippen LogP contribution in [0, 0.1) is 0 Å². The van der Waals surface area contributed by atoms with E-state index in [1.54, 1.807) is 18.2 Å². The van der Waals surface area contributed by atoms with Gasteiger partial charge in [-0.05, 0) is 24.3 Å². The Hall–Kier alpha value is -3.02. The molecule has 6 nitrogen and oxygen atoms in total. The first-order valence-corrected chi connectivity index (χ1v) is 6.27. The van der Waals surface area contributed by atoms with E-state index in [0.29, 0.717) is 5.75 Å². The summed E-state index contributed by atoms with van der Waals surface area (Å²) in [4.78, 5) is 21.8. The number of rotatable bonds is 3. The van der Waals surface area contributed by atoms with Crippen LogP contribution in [0.2, 0.25) is 0 Å². The van der Waals surface area contributed by atoms with E-state index >= 15 is 0 Å². The lowest BCUT2D eigenvalue weighted by molar-refractivity contribution is -0.121. The van der Waals surface area contributed by atoms with E-state index < -0.39 is 11.9 Å². The van der Waals surface area contributed by atoms with Crippen molar-refractivity contribution in [1.82, 2.24) is 5.32 Å². The van der Waals surface area contributed by atoms with Crippen molar-refractivity contribution in [1.29, 1.82) is 0 Å². The van der Waals surface area contributed by atoms with E-state index in [1.807, 2.05) is 29.6 Å². The second-order valence-corrected chi connectivity index (χ2v) is 4.46. The molecule has 0 atom stereocenters. The van der Waals surface area contributed by atoms with E-state index in [9.17, 15) is 9.59 Å². The quantitative estimate of drug-likeness (QED) is 0.770. The van der Waals surface area contributed by atoms with Crippen LogP contribution in [0.1, 0.15) is 0 Å². The van der Waals surface area contributed by atoms with E-state index in [-0.39, 0.29) is 6.61 Å². The average molecular weight is 284 g/mol. The average Bonchev–Trinajstić information content (AvgIpc) is 2.82. The summed E-state index contributed by atoms with van der Waals surface area (Å²) in [7, 11) is 0. The zero-order chi connectivity index (χ0) is 14.8. The lowest BCUT2D eigenvalue weighted by atomic mass is 10.1. The number of nitrogens with one attached hydrogen (secondary N) is 1. The summed E-state index contributed by atoms with van der Waals surface area (Å²) in [6.45, 7) is -0.287. The Morgan fingerprint density at radius 1 is 1.10 bits per heavy atom. The van der Waals surface area contributed by atoms with Gasteiger partial charge in [-0.2, -0.15) is 0 Å². The molecular formula is C15H12N2O4. The Morgan fingerprint density at radius 3 is 2.67 bits per heavy atom. The number of furan rings is 1. The molecule has 3 N–H and O–H groups in total. The molecule has 1 heterocycles. The summed E-state index contributed by atoms with van der Waals surface area (Å²) in [5.74, 6) is -0.0895. The van der Waals surface area contributed by atoms with Gasteiger partial charge in [0.25, 0.3) is 5.91 Å². The predicted molar refractivity (Wildman–Crippen MR) is 76.9 cm³/mol. The Morgan fingerprint density at radius 2 is 1.86 bits per heavy atom. The van der Waals surface area contributed by atoms with E-state index in [4.69, 9.17) is 14.9 Å². The van der Waals surface area contributed by atoms with E-state index in [0.717, 1.165) is 21.9 Å². The van der Waals surface area contributed by atoms with Gasteiger partial charge in [-0.15, -0.1) is 0 Å². The van der Waals surface area contributed by atoms with Gasteiger partial charge in [-0.3, -0.25) is 10.1 Å². The third-order valence-electron chi connectivity index (χ3n) is 2.98. The van der Waals surface area contributed by atoms with Crippen LogP contribution >= 0.6 is 0 Å². The zero-order valence-corrected chi connectivity index (χ0v) is 11.0. The Bertz CT molecular complexity index is 838. The third kappa shape index (κ3) is 2.64. The second kappa shape index (κ2) is 5.16. The number of fused-ring (bicyclic) bond motifs is 3. The van der Waals surface area contributed by atoms with Crippen molar-refractivity contribution < 1.29 is 18.7 Å². The normalized spacial score (nSPS) is 10.7. The SMILES string of the molecule is NC(=O)NC(=O)COc1ccc2oc3ccccc3c2c1. The molecule has 0 radical (unpaired) electrons. The summed E-state index contributed by atoms with van der Waals surface area (Å²) in [5.41, 5.74) is 6.38. The fourth-order valence-electron chi connectivity index (χ4n) is 2.12. The van der Waals surface area contributed by atoms with Crippen LogP contribution in [0.4, 0.5) is 4.79 Å². The molecule has 0 aliphatic heterocycles. The lowest BCUT2D eigenvalue weighted by Gasteiger charge is -2.05. The molecule has 0 unspecified atom stereocenters. The van der Waals surface area contributed by atoms with Crippen molar-refractivity contribution >= 4 is 33.9 Å². The molecule has 0 aliphatic rings. The van der Waals surface area contributed by atoms with Crippen LogP contribution in [0.15, 0.2) is 46.9 Å². The number of primary amides is 1. The summed E-state index contributed by atoms with van der Waals surface area (Å²) in [5, 5.41) is 3.80. The number of benzene rings is 2. The molecular weight excluding hydrogens is 272 g/mol. The number of carbonyl (C=O) groups is 2. The molecule has 0 bridgehead atoms. The maximum atomic E-state index is 11.3. The van der Waals surface area contributed by atoms with Gasteiger partial charge in [0.15, 0.2) is 6.61 Å².